The van der Waals surface area contributed by atoms with E-state index in [0.717, 1.165) is 31.7 Å². The number of carbonyl (C=O) groups excluding carboxylic acids is 2. The highest BCUT2D eigenvalue weighted by Gasteiger charge is 2.30. The van der Waals surface area contributed by atoms with Crippen molar-refractivity contribution in [2.45, 2.75) is 51.6 Å². The zero-order valence-corrected chi connectivity index (χ0v) is 18.1. The van der Waals surface area contributed by atoms with Crippen molar-refractivity contribution in [1.82, 2.24) is 4.57 Å². The molecule has 0 spiro atoms. The summed E-state index contributed by atoms with van der Waals surface area (Å²) in [6.45, 7) is 3.41. The van der Waals surface area contributed by atoms with Crippen molar-refractivity contribution in [3.63, 3.8) is 0 Å². The van der Waals surface area contributed by atoms with Gasteiger partial charge in [-0.05, 0) is 75.4 Å². The maximum Gasteiger partial charge on any atom is 0.313 e. The fourth-order valence-corrected chi connectivity index (χ4v) is 4.49. The maximum atomic E-state index is 14.2. The summed E-state index contributed by atoms with van der Waals surface area (Å²) in [6.07, 6.45) is 3.67. The molecule has 162 valence electrons. The number of hydrogen-bond acceptors (Lipinski definition) is 4. The number of hydrogen-bond donors (Lipinski definition) is 1. The molecule has 31 heavy (non-hydrogen) atoms. The molecule has 0 saturated heterocycles. The van der Waals surface area contributed by atoms with Crippen LogP contribution in [0.4, 0.5) is 4.39 Å². The molecule has 0 aliphatic heterocycles. The van der Waals surface area contributed by atoms with Crippen LogP contribution in [0.1, 0.15) is 60.1 Å². The molecule has 1 aliphatic carbocycles. The Morgan fingerprint density at radius 2 is 1.84 bits per heavy atom. The summed E-state index contributed by atoms with van der Waals surface area (Å²) in [5, 5.41) is 10.9. The number of phenolic OH excluding ortho intramolecular Hbond substituents is 1. The van der Waals surface area contributed by atoms with E-state index in [-0.39, 0.29) is 17.5 Å². The standard InChI is InChI=1S/C24H23ClFNO4/c1-13(24(30)31-17-5-3-4-6-17)22-14(2)27(20-12-19(26)21(28)11-18(20)22)23(29)15-7-9-16(25)10-8-15/h7-13,17,28H,3-6H2,1-2H3. The molecule has 7 heteroatoms. The van der Waals surface area contributed by atoms with Crippen LogP contribution in [0.5, 0.6) is 5.75 Å². The van der Waals surface area contributed by atoms with Gasteiger partial charge in [-0.3, -0.25) is 14.2 Å². The Morgan fingerprint density at radius 3 is 2.48 bits per heavy atom. The number of rotatable bonds is 4. The summed E-state index contributed by atoms with van der Waals surface area (Å²) in [4.78, 5) is 26.2. The van der Waals surface area contributed by atoms with Crippen LogP contribution in [0.15, 0.2) is 36.4 Å². The SMILES string of the molecule is Cc1c(C(C)C(=O)OC2CCCC2)c2cc(O)c(F)cc2n1C(=O)c1ccc(Cl)cc1. The normalized spacial score (nSPS) is 15.4. The number of esters is 1. The molecule has 0 amide bonds. The van der Waals surface area contributed by atoms with Gasteiger partial charge < -0.3 is 9.84 Å². The van der Waals surface area contributed by atoms with Crippen molar-refractivity contribution in [2.24, 2.45) is 0 Å². The third-order valence-electron chi connectivity index (χ3n) is 5.99. The molecule has 3 aromatic rings. The Balaban J connectivity index is 1.82. The van der Waals surface area contributed by atoms with Crippen molar-refractivity contribution in [3.05, 3.63) is 64.1 Å². The molecule has 2 aromatic carbocycles. The Kier molecular flexibility index (Phi) is 5.75. The van der Waals surface area contributed by atoms with Gasteiger partial charge in [-0.25, -0.2) is 4.39 Å². The molecule has 5 nitrogen and oxygen atoms in total. The minimum atomic E-state index is -0.845. The lowest BCUT2D eigenvalue weighted by Crippen LogP contribution is -2.20. The van der Waals surface area contributed by atoms with Gasteiger partial charge in [0.25, 0.3) is 5.91 Å². The predicted octanol–water partition coefficient (Wildman–Crippen LogP) is 5.73. The van der Waals surface area contributed by atoms with Crippen molar-refractivity contribution in [2.75, 3.05) is 0 Å². The molecule has 1 N–H and O–H groups in total. The van der Waals surface area contributed by atoms with Gasteiger partial charge in [0.2, 0.25) is 0 Å². The summed E-state index contributed by atoms with van der Waals surface area (Å²) in [5.41, 5.74) is 1.68. The Morgan fingerprint density at radius 1 is 1.19 bits per heavy atom. The number of halogens is 2. The predicted molar refractivity (Wildman–Crippen MR) is 116 cm³/mol. The second-order valence-electron chi connectivity index (χ2n) is 8.03. The van der Waals surface area contributed by atoms with Crippen LogP contribution in [0.2, 0.25) is 5.02 Å². The summed E-state index contributed by atoms with van der Waals surface area (Å²) >= 11 is 5.93. The van der Waals surface area contributed by atoms with Crippen LogP contribution < -0.4 is 0 Å². The first-order valence-electron chi connectivity index (χ1n) is 10.3. The van der Waals surface area contributed by atoms with E-state index < -0.39 is 23.5 Å². The van der Waals surface area contributed by atoms with E-state index in [1.54, 1.807) is 38.1 Å². The Labute approximate surface area is 184 Å². The molecule has 1 unspecified atom stereocenters. The molecule has 4 rings (SSSR count). The number of nitrogens with zero attached hydrogens (tertiary/aromatic N) is 1. The van der Waals surface area contributed by atoms with Gasteiger partial charge in [0.1, 0.15) is 6.10 Å². The van der Waals surface area contributed by atoms with Crippen LogP contribution in [0, 0.1) is 12.7 Å². The Bertz CT molecular complexity index is 1160. The quantitative estimate of drug-likeness (QED) is 0.523. The molecule has 0 radical (unpaired) electrons. The number of benzene rings is 2. The largest absolute Gasteiger partial charge is 0.505 e. The lowest BCUT2D eigenvalue weighted by Gasteiger charge is -2.17. The van der Waals surface area contributed by atoms with Crippen LogP contribution in [0.3, 0.4) is 0 Å². The zero-order chi connectivity index (χ0) is 22.3. The highest BCUT2D eigenvalue weighted by atomic mass is 35.5. The summed E-state index contributed by atoms with van der Waals surface area (Å²) in [7, 11) is 0. The second kappa shape index (κ2) is 8.35. The van der Waals surface area contributed by atoms with Gasteiger partial charge in [-0.2, -0.15) is 0 Å². The molecule has 1 saturated carbocycles. The van der Waals surface area contributed by atoms with Gasteiger partial charge >= 0.3 is 5.97 Å². The van der Waals surface area contributed by atoms with Crippen molar-refractivity contribution >= 4 is 34.4 Å². The minimum absolute atomic E-state index is 0.0925. The van der Waals surface area contributed by atoms with Crippen LogP contribution in [0.25, 0.3) is 10.9 Å². The number of ether oxygens (including phenoxy) is 1. The fourth-order valence-electron chi connectivity index (χ4n) is 4.37. The van der Waals surface area contributed by atoms with E-state index in [2.05, 4.69) is 0 Å². The third kappa shape index (κ3) is 3.92. The smallest absolute Gasteiger partial charge is 0.313 e. The van der Waals surface area contributed by atoms with Crippen molar-refractivity contribution < 1.29 is 23.8 Å². The topological polar surface area (TPSA) is 68.5 Å². The zero-order valence-electron chi connectivity index (χ0n) is 17.3. The average molecular weight is 444 g/mol. The Hall–Kier alpha value is -2.86. The molecule has 1 fully saturated rings. The number of aromatic hydroxyl groups is 1. The molecular weight excluding hydrogens is 421 g/mol. The van der Waals surface area contributed by atoms with Gasteiger partial charge in [0, 0.05) is 27.7 Å². The minimum Gasteiger partial charge on any atom is -0.505 e. The molecular formula is C24H23ClFNO4. The second-order valence-corrected chi connectivity index (χ2v) is 8.47. The fraction of sp³-hybridized carbons (Fsp3) is 0.333. The maximum absolute atomic E-state index is 14.2. The van der Waals surface area contributed by atoms with E-state index in [9.17, 15) is 19.1 Å². The molecule has 1 atom stereocenters. The van der Waals surface area contributed by atoms with E-state index >= 15 is 0 Å². The summed E-state index contributed by atoms with van der Waals surface area (Å²) in [6, 6.07) is 8.76. The summed E-state index contributed by atoms with van der Waals surface area (Å²) < 4.78 is 21.3. The first-order valence-corrected chi connectivity index (χ1v) is 10.7. The van der Waals surface area contributed by atoms with E-state index in [1.807, 2.05) is 0 Å². The monoisotopic (exact) mass is 443 g/mol. The number of aromatic nitrogens is 1. The molecule has 0 bridgehead atoms. The molecule has 1 aliphatic rings. The molecule has 1 aromatic heterocycles. The van der Waals surface area contributed by atoms with Crippen LogP contribution >= 0.6 is 11.6 Å². The molecule has 1 heterocycles. The highest BCUT2D eigenvalue weighted by molar-refractivity contribution is 6.30. The van der Waals surface area contributed by atoms with Gasteiger partial charge in [0.05, 0.1) is 11.4 Å². The lowest BCUT2D eigenvalue weighted by atomic mass is 9.97. The number of phenols is 1. The first kappa shape index (κ1) is 21.4. The van der Waals surface area contributed by atoms with Crippen molar-refractivity contribution in [3.8, 4) is 5.75 Å². The van der Waals surface area contributed by atoms with E-state index in [0.29, 0.717) is 27.2 Å². The number of carbonyl (C=O) groups is 2. The van der Waals surface area contributed by atoms with Crippen molar-refractivity contribution in [1.29, 1.82) is 0 Å². The van der Waals surface area contributed by atoms with E-state index in [4.69, 9.17) is 16.3 Å². The van der Waals surface area contributed by atoms with Crippen LogP contribution in [-0.2, 0) is 9.53 Å². The van der Waals surface area contributed by atoms with E-state index in [1.165, 1.54) is 10.6 Å². The van der Waals surface area contributed by atoms with Crippen LogP contribution in [-0.4, -0.2) is 27.7 Å². The third-order valence-corrected chi connectivity index (χ3v) is 6.24. The van der Waals surface area contributed by atoms with Gasteiger partial charge in [-0.1, -0.05) is 11.6 Å². The van der Waals surface area contributed by atoms with Gasteiger partial charge in [-0.15, -0.1) is 0 Å². The first-order chi connectivity index (χ1) is 14.8. The highest BCUT2D eigenvalue weighted by Crippen LogP contribution is 2.37. The number of fused-ring (bicyclic) bond motifs is 1. The van der Waals surface area contributed by atoms with Gasteiger partial charge in [0.15, 0.2) is 11.6 Å². The average Bonchev–Trinajstić information content (AvgIpc) is 3.33. The summed E-state index contributed by atoms with van der Waals surface area (Å²) in [5.74, 6) is -2.85. The lowest BCUT2D eigenvalue weighted by molar-refractivity contribution is -0.150.